The minimum atomic E-state index is -2.88. The van der Waals surface area contributed by atoms with Crippen molar-refractivity contribution in [3.8, 4) is 5.75 Å². The zero-order valence-corrected chi connectivity index (χ0v) is 11.8. The van der Waals surface area contributed by atoms with Gasteiger partial charge >= 0.3 is 6.61 Å². The van der Waals surface area contributed by atoms with Gasteiger partial charge in [-0.15, -0.1) is 11.6 Å². The quantitative estimate of drug-likeness (QED) is 0.693. The minimum Gasteiger partial charge on any atom is -0.435 e. The normalized spacial score (nSPS) is 10.7. The summed E-state index contributed by atoms with van der Waals surface area (Å²) in [5, 5.41) is 0. The molecule has 1 aromatic carbocycles. The van der Waals surface area contributed by atoms with Gasteiger partial charge in [0.15, 0.2) is 0 Å². The van der Waals surface area contributed by atoms with Crippen LogP contribution in [0.3, 0.4) is 0 Å². The summed E-state index contributed by atoms with van der Waals surface area (Å²) in [6.45, 7) is -1.68. The number of nitrogens with zero attached hydrogens (tertiary/aromatic N) is 1. The summed E-state index contributed by atoms with van der Waals surface area (Å²) >= 11 is 5.65. The lowest BCUT2D eigenvalue weighted by Crippen LogP contribution is -2.35. The van der Waals surface area contributed by atoms with Crippen LogP contribution >= 0.6 is 11.6 Å². The maximum Gasteiger partial charge on any atom is 0.387 e. The van der Waals surface area contributed by atoms with Gasteiger partial charge in [0.25, 0.3) is 5.91 Å². The van der Waals surface area contributed by atoms with Crippen LogP contribution in [0.4, 0.5) is 8.78 Å². The predicted molar refractivity (Wildman–Crippen MR) is 71.6 cm³/mol. The summed E-state index contributed by atoms with van der Waals surface area (Å²) in [5.74, 6) is 0.0887. The molecule has 112 valence electrons. The molecule has 4 nitrogen and oxygen atoms in total. The van der Waals surface area contributed by atoms with Gasteiger partial charge in [-0.05, 0) is 24.3 Å². The number of hydrogen-bond acceptors (Lipinski definition) is 3. The van der Waals surface area contributed by atoms with Crippen molar-refractivity contribution >= 4 is 17.5 Å². The molecule has 0 spiro atoms. The molecule has 0 heterocycles. The second-order valence-corrected chi connectivity index (χ2v) is 4.25. The molecular weight excluding hydrogens is 292 g/mol. The third-order valence-corrected chi connectivity index (χ3v) is 2.70. The summed E-state index contributed by atoms with van der Waals surface area (Å²) in [6, 6.07) is 5.53. The van der Waals surface area contributed by atoms with Gasteiger partial charge in [0.05, 0.1) is 6.61 Å². The highest BCUT2D eigenvalue weighted by molar-refractivity contribution is 6.18. The van der Waals surface area contributed by atoms with Crippen LogP contribution in [0.25, 0.3) is 0 Å². The third kappa shape index (κ3) is 5.30. The first kappa shape index (κ1) is 16.7. The van der Waals surface area contributed by atoms with Crippen molar-refractivity contribution in [2.45, 2.75) is 6.61 Å². The first-order valence-corrected chi connectivity index (χ1v) is 6.51. The summed E-state index contributed by atoms with van der Waals surface area (Å²) in [5.41, 5.74) is 0.382. The van der Waals surface area contributed by atoms with E-state index in [1.807, 2.05) is 0 Å². The number of amides is 1. The second-order valence-electron chi connectivity index (χ2n) is 3.88. The van der Waals surface area contributed by atoms with Crippen LogP contribution in [0, 0.1) is 0 Å². The van der Waals surface area contributed by atoms with Crippen LogP contribution in [-0.2, 0) is 4.74 Å². The fraction of sp³-hybridized carbons (Fsp3) is 0.462. The lowest BCUT2D eigenvalue weighted by molar-refractivity contribution is -0.0498. The van der Waals surface area contributed by atoms with Crippen molar-refractivity contribution in [3.63, 3.8) is 0 Å². The van der Waals surface area contributed by atoms with E-state index in [0.717, 1.165) is 0 Å². The molecule has 0 saturated heterocycles. The number of ether oxygens (including phenoxy) is 2. The molecule has 0 aliphatic heterocycles. The van der Waals surface area contributed by atoms with Crippen LogP contribution in [-0.4, -0.2) is 50.1 Å². The highest BCUT2D eigenvalue weighted by atomic mass is 35.5. The molecular formula is C13H16ClF2NO3. The van der Waals surface area contributed by atoms with Crippen molar-refractivity contribution < 1.29 is 23.0 Å². The highest BCUT2D eigenvalue weighted by Crippen LogP contribution is 2.16. The molecule has 0 unspecified atom stereocenters. The Morgan fingerprint density at radius 2 is 1.95 bits per heavy atom. The van der Waals surface area contributed by atoms with E-state index in [1.54, 1.807) is 12.0 Å². The summed E-state index contributed by atoms with van der Waals surface area (Å²) < 4.78 is 33.2. The maximum atomic E-state index is 12.2. The van der Waals surface area contributed by atoms with Crippen LogP contribution in [0.1, 0.15) is 10.4 Å². The standard InChI is InChI=1S/C13H16ClF2NO3/c1-19-9-8-17(7-6-14)12(18)10-2-4-11(5-3-10)20-13(15)16/h2-5,13H,6-9H2,1H3. The number of halogens is 3. The van der Waals surface area contributed by atoms with E-state index in [1.165, 1.54) is 24.3 Å². The largest absolute Gasteiger partial charge is 0.435 e. The number of carbonyl (C=O) groups excluding carboxylic acids is 1. The number of carbonyl (C=O) groups is 1. The van der Waals surface area contributed by atoms with E-state index >= 15 is 0 Å². The number of rotatable bonds is 8. The van der Waals surface area contributed by atoms with Crippen molar-refractivity contribution in [3.05, 3.63) is 29.8 Å². The van der Waals surface area contributed by atoms with E-state index in [4.69, 9.17) is 16.3 Å². The Balaban J connectivity index is 2.72. The fourth-order valence-electron chi connectivity index (χ4n) is 1.58. The Morgan fingerprint density at radius 1 is 1.30 bits per heavy atom. The smallest absolute Gasteiger partial charge is 0.387 e. The lowest BCUT2D eigenvalue weighted by atomic mass is 10.2. The molecule has 0 fully saturated rings. The van der Waals surface area contributed by atoms with Gasteiger partial charge in [-0.1, -0.05) is 0 Å². The predicted octanol–water partition coefficient (Wildman–Crippen LogP) is 2.62. The van der Waals surface area contributed by atoms with Gasteiger partial charge in [-0.3, -0.25) is 4.79 Å². The third-order valence-electron chi connectivity index (χ3n) is 2.53. The zero-order valence-electron chi connectivity index (χ0n) is 11.0. The van der Waals surface area contributed by atoms with E-state index in [-0.39, 0.29) is 11.7 Å². The maximum absolute atomic E-state index is 12.2. The van der Waals surface area contributed by atoms with Gasteiger partial charge in [0.1, 0.15) is 5.75 Å². The molecule has 0 aromatic heterocycles. The Bertz CT molecular complexity index is 415. The van der Waals surface area contributed by atoms with Gasteiger partial charge < -0.3 is 14.4 Å². The topological polar surface area (TPSA) is 38.8 Å². The number of benzene rings is 1. The average Bonchev–Trinajstić information content (AvgIpc) is 2.43. The molecule has 1 rings (SSSR count). The molecule has 1 amide bonds. The SMILES string of the molecule is COCCN(CCCl)C(=O)c1ccc(OC(F)F)cc1. The van der Waals surface area contributed by atoms with Crippen molar-refractivity contribution in [2.24, 2.45) is 0 Å². The van der Waals surface area contributed by atoms with Crippen molar-refractivity contribution in [2.75, 3.05) is 32.7 Å². The molecule has 0 radical (unpaired) electrons. The van der Waals surface area contributed by atoms with Crippen molar-refractivity contribution in [1.82, 2.24) is 4.90 Å². The summed E-state index contributed by atoms with van der Waals surface area (Å²) in [7, 11) is 1.54. The van der Waals surface area contributed by atoms with Gasteiger partial charge in [0, 0.05) is 31.6 Å². The lowest BCUT2D eigenvalue weighted by Gasteiger charge is -2.21. The molecule has 0 N–H and O–H groups in total. The molecule has 0 saturated carbocycles. The highest BCUT2D eigenvalue weighted by Gasteiger charge is 2.15. The summed E-state index contributed by atoms with van der Waals surface area (Å²) in [4.78, 5) is 13.7. The average molecular weight is 308 g/mol. The monoisotopic (exact) mass is 307 g/mol. The Labute approximate surface area is 121 Å². The van der Waals surface area contributed by atoms with E-state index in [2.05, 4.69) is 4.74 Å². The molecule has 0 aliphatic carbocycles. The number of hydrogen-bond donors (Lipinski definition) is 0. The first-order chi connectivity index (χ1) is 9.58. The number of alkyl halides is 3. The Morgan fingerprint density at radius 3 is 2.45 bits per heavy atom. The van der Waals surface area contributed by atoms with Crippen molar-refractivity contribution in [1.29, 1.82) is 0 Å². The molecule has 0 atom stereocenters. The van der Waals surface area contributed by atoms with Crippen LogP contribution in [0.15, 0.2) is 24.3 Å². The first-order valence-electron chi connectivity index (χ1n) is 5.97. The van der Waals surface area contributed by atoms with E-state index in [0.29, 0.717) is 31.1 Å². The van der Waals surface area contributed by atoms with Gasteiger partial charge in [-0.2, -0.15) is 8.78 Å². The van der Waals surface area contributed by atoms with Gasteiger partial charge in [0.2, 0.25) is 0 Å². The molecule has 0 aliphatic rings. The molecule has 1 aromatic rings. The Kier molecular flexibility index (Phi) is 7.25. The zero-order chi connectivity index (χ0) is 15.0. The second kappa shape index (κ2) is 8.71. The van der Waals surface area contributed by atoms with E-state index < -0.39 is 6.61 Å². The molecule has 7 heteroatoms. The van der Waals surface area contributed by atoms with Crippen LogP contribution < -0.4 is 4.74 Å². The Hall–Kier alpha value is -1.40. The van der Waals surface area contributed by atoms with Crippen LogP contribution in [0.2, 0.25) is 0 Å². The molecule has 20 heavy (non-hydrogen) atoms. The fourth-order valence-corrected chi connectivity index (χ4v) is 1.78. The van der Waals surface area contributed by atoms with Gasteiger partial charge in [-0.25, -0.2) is 0 Å². The summed E-state index contributed by atoms with van der Waals surface area (Å²) in [6.07, 6.45) is 0. The molecule has 0 bridgehead atoms. The van der Waals surface area contributed by atoms with E-state index in [9.17, 15) is 13.6 Å². The van der Waals surface area contributed by atoms with Crippen LogP contribution in [0.5, 0.6) is 5.75 Å². The number of methoxy groups -OCH3 is 1. The minimum absolute atomic E-state index is 0.0114.